The molecule has 1 N–H and O–H groups in total. The van der Waals surface area contributed by atoms with Gasteiger partial charge in [0.15, 0.2) is 0 Å². The van der Waals surface area contributed by atoms with Gasteiger partial charge in [-0.15, -0.1) is 11.3 Å². The molecular weight excluding hydrogens is 256 g/mol. The van der Waals surface area contributed by atoms with Crippen LogP contribution in [0.15, 0.2) is 30.3 Å². The third kappa shape index (κ3) is 2.30. The summed E-state index contributed by atoms with van der Waals surface area (Å²) in [6.45, 7) is 1.97. The van der Waals surface area contributed by atoms with Crippen LogP contribution in [-0.2, 0) is 0 Å². The van der Waals surface area contributed by atoms with Gasteiger partial charge in [0.25, 0.3) is 0 Å². The van der Waals surface area contributed by atoms with Crippen LogP contribution < -0.4 is 0 Å². The molecule has 0 spiro atoms. The van der Waals surface area contributed by atoms with Crippen LogP contribution in [-0.4, -0.2) is 11.1 Å². The molecule has 0 unspecified atom stereocenters. The van der Waals surface area contributed by atoms with Gasteiger partial charge in [-0.2, -0.15) is 0 Å². The predicted octanol–water partition coefficient (Wildman–Crippen LogP) is 4.69. The molecular formula is C16H16O2S. The summed E-state index contributed by atoms with van der Waals surface area (Å²) in [4.78, 5) is 12.5. The van der Waals surface area contributed by atoms with E-state index in [2.05, 4.69) is 24.3 Å². The molecule has 98 valence electrons. The van der Waals surface area contributed by atoms with Crippen molar-refractivity contribution in [1.82, 2.24) is 0 Å². The molecule has 3 heteroatoms. The number of hydrogen-bond acceptors (Lipinski definition) is 2. The maximum Gasteiger partial charge on any atom is 0.345 e. The van der Waals surface area contributed by atoms with Crippen LogP contribution in [0.4, 0.5) is 0 Å². The van der Waals surface area contributed by atoms with Crippen molar-refractivity contribution < 1.29 is 9.90 Å². The van der Waals surface area contributed by atoms with Gasteiger partial charge >= 0.3 is 5.97 Å². The molecule has 1 fully saturated rings. The monoisotopic (exact) mass is 272 g/mol. The van der Waals surface area contributed by atoms with Crippen LogP contribution >= 0.6 is 11.3 Å². The van der Waals surface area contributed by atoms with Crippen LogP contribution in [0, 0.1) is 6.92 Å². The summed E-state index contributed by atoms with van der Waals surface area (Å²) in [5.41, 5.74) is 3.58. The number of carboxylic acid groups (broad SMARTS) is 1. The first-order chi connectivity index (χ1) is 9.15. The van der Waals surface area contributed by atoms with Crippen LogP contribution in [0.1, 0.15) is 46.0 Å². The van der Waals surface area contributed by atoms with E-state index in [1.807, 2.05) is 6.92 Å². The lowest BCUT2D eigenvalue weighted by molar-refractivity contribution is 0.0702. The lowest BCUT2D eigenvalue weighted by Gasteiger charge is -2.25. The molecule has 0 atom stereocenters. The Kier molecular flexibility index (Phi) is 3.15. The van der Waals surface area contributed by atoms with Crippen molar-refractivity contribution in [3.8, 4) is 10.4 Å². The second-order valence-corrected chi connectivity index (χ2v) is 6.23. The molecule has 2 aromatic rings. The van der Waals surface area contributed by atoms with Crippen molar-refractivity contribution in [2.75, 3.05) is 0 Å². The second kappa shape index (κ2) is 4.82. The fraction of sp³-hybridized carbons (Fsp3) is 0.312. The minimum atomic E-state index is -0.842. The molecule has 19 heavy (non-hydrogen) atoms. The number of aromatic carboxylic acids is 1. The van der Waals surface area contributed by atoms with Crippen molar-refractivity contribution in [3.05, 3.63) is 46.3 Å². The Balaban J connectivity index is 1.91. The number of rotatable bonds is 3. The van der Waals surface area contributed by atoms with Gasteiger partial charge in [0, 0.05) is 4.88 Å². The van der Waals surface area contributed by atoms with Crippen molar-refractivity contribution in [2.24, 2.45) is 0 Å². The summed E-state index contributed by atoms with van der Waals surface area (Å²) in [5.74, 6) is -0.0986. The predicted molar refractivity (Wildman–Crippen MR) is 78.0 cm³/mol. The summed E-state index contributed by atoms with van der Waals surface area (Å²) in [6.07, 6.45) is 3.96. The van der Waals surface area contributed by atoms with Gasteiger partial charge in [-0.1, -0.05) is 30.7 Å². The minimum absolute atomic E-state index is 0.413. The molecule has 1 aliphatic rings. The van der Waals surface area contributed by atoms with Gasteiger partial charge < -0.3 is 5.11 Å². The molecule has 0 aliphatic heterocycles. The molecule has 1 saturated carbocycles. The number of carboxylic acids is 1. The van der Waals surface area contributed by atoms with Crippen molar-refractivity contribution >= 4 is 17.3 Å². The highest BCUT2D eigenvalue weighted by molar-refractivity contribution is 7.17. The smallest absolute Gasteiger partial charge is 0.345 e. The van der Waals surface area contributed by atoms with E-state index in [9.17, 15) is 4.79 Å². The molecule has 0 bridgehead atoms. The summed E-state index contributed by atoms with van der Waals surface area (Å²) in [7, 11) is 0. The quantitative estimate of drug-likeness (QED) is 0.880. The van der Waals surface area contributed by atoms with E-state index in [1.165, 1.54) is 36.2 Å². The number of benzene rings is 1. The first-order valence-corrected chi connectivity index (χ1v) is 7.41. The Morgan fingerprint density at radius 1 is 1.26 bits per heavy atom. The van der Waals surface area contributed by atoms with E-state index >= 15 is 0 Å². The normalized spacial score (nSPS) is 15.2. The summed E-state index contributed by atoms with van der Waals surface area (Å²) in [6, 6.07) is 10.4. The maximum atomic E-state index is 11.0. The lowest BCUT2D eigenvalue weighted by Crippen LogP contribution is -2.08. The van der Waals surface area contributed by atoms with Gasteiger partial charge in [0.1, 0.15) is 4.88 Å². The standard InChI is InChI=1S/C16H16O2S/c1-10-9-14(16(17)18)19-15(10)13-7-5-12(6-8-13)11-3-2-4-11/h5-9,11H,2-4H2,1H3,(H,17,18). The first-order valence-electron chi connectivity index (χ1n) is 6.59. The SMILES string of the molecule is Cc1cc(C(=O)O)sc1-c1ccc(C2CCC2)cc1. The molecule has 3 rings (SSSR count). The molecule has 0 saturated heterocycles. The molecule has 1 aromatic carbocycles. The molecule has 0 radical (unpaired) electrons. The molecule has 1 heterocycles. The van der Waals surface area contributed by atoms with E-state index in [1.54, 1.807) is 6.07 Å². The van der Waals surface area contributed by atoms with E-state index in [0.717, 1.165) is 21.9 Å². The van der Waals surface area contributed by atoms with Gasteiger partial charge in [0.2, 0.25) is 0 Å². The molecule has 1 aliphatic carbocycles. The van der Waals surface area contributed by atoms with Crippen LogP contribution in [0.3, 0.4) is 0 Å². The van der Waals surface area contributed by atoms with Crippen molar-refractivity contribution in [3.63, 3.8) is 0 Å². The zero-order chi connectivity index (χ0) is 13.4. The molecule has 0 amide bonds. The topological polar surface area (TPSA) is 37.3 Å². The van der Waals surface area contributed by atoms with Gasteiger partial charge in [0.05, 0.1) is 0 Å². The number of thiophene rings is 1. The summed E-state index contributed by atoms with van der Waals surface area (Å²) in [5, 5.41) is 9.04. The van der Waals surface area contributed by atoms with Crippen LogP contribution in [0.5, 0.6) is 0 Å². The summed E-state index contributed by atoms with van der Waals surface area (Å²) >= 11 is 1.36. The number of hydrogen-bond donors (Lipinski definition) is 1. The highest BCUT2D eigenvalue weighted by Gasteiger charge is 2.19. The van der Waals surface area contributed by atoms with Crippen molar-refractivity contribution in [2.45, 2.75) is 32.1 Å². The van der Waals surface area contributed by atoms with E-state index in [0.29, 0.717) is 4.88 Å². The Morgan fingerprint density at radius 2 is 1.95 bits per heavy atom. The average molecular weight is 272 g/mol. The van der Waals surface area contributed by atoms with Crippen molar-refractivity contribution in [1.29, 1.82) is 0 Å². The Bertz CT molecular complexity index is 606. The van der Waals surface area contributed by atoms with E-state index < -0.39 is 5.97 Å². The number of aryl methyl sites for hydroxylation is 1. The maximum absolute atomic E-state index is 11.0. The zero-order valence-corrected chi connectivity index (χ0v) is 11.7. The largest absolute Gasteiger partial charge is 0.477 e. The zero-order valence-electron chi connectivity index (χ0n) is 10.8. The third-order valence-electron chi connectivity index (χ3n) is 3.88. The fourth-order valence-corrected chi connectivity index (χ4v) is 3.54. The van der Waals surface area contributed by atoms with Crippen LogP contribution in [0.2, 0.25) is 0 Å². The third-order valence-corrected chi connectivity index (χ3v) is 5.15. The highest BCUT2D eigenvalue weighted by Crippen LogP contribution is 2.38. The highest BCUT2D eigenvalue weighted by atomic mass is 32.1. The molecule has 1 aromatic heterocycles. The van der Waals surface area contributed by atoms with E-state index in [4.69, 9.17) is 5.11 Å². The summed E-state index contributed by atoms with van der Waals surface area (Å²) < 4.78 is 0. The minimum Gasteiger partial charge on any atom is -0.477 e. The average Bonchev–Trinajstić information content (AvgIpc) is 2.70. The lowest BCUT2D eigenvalue weighted by atomic mass is 9.80. The Labute approximate surface area is 116 Å². The van der Waals surface area contributed by atoms with Gasteiger partial charge in [-0.25, -0.2) is 4.79 Å². The first kappa shape index (κ1) is 12.4. The van der Waals surface area contributed by atoms with E-state index in [-0.39, 0.29) is 0 Å². The Morgan fingerprint density at radius 3 is 2.42 bits per heavy atom. The number of carbonyl (C=O) groups is 1. The molecule has 2 nitrogen and oxygen atoms in total. The fourth-order valence-electron chi connectivity index (χ4n) is 2.52. The Hall–Kier alpha value is -1.61. The van der Waals surface area contributed by atoms with Gasteiger partial charge in [-0.05, 0) is 48.4 Å². The van der Waals surface area contributed by atoms with Gasteiger partial charge in [-0.3, -0.25) is 0 Å². The van der Waals surface area contributed by atoms with Crippen LogP contribution in [0.25, 0.3) is 10.4 Å². The second-order valence-electron chi connectivity index (χ2n) is 5.18.